The SMILES string of the molecule is CCNCc1ccc(COc2cccc(N(C)C)c2)nc1. The highest BCUT2D eigenvalue weighted by Crippen LogP contribution is 2.20. The Morgan fingerprint density at radius 1 is 1.19 bits per heavy atom. The number of ether oxygens (including phenoxy) is 1. The summed E-state index contributed by atoms with van der Waals surface area (Å²) in [6.07, 6.45) is 1.90. The summed E-state index contributed by atoms with van der Waals surface area (Å²) in [6.45, 7) is 4.40. The molecular formula is C17H23N3O. The molecule has 1 heterocycles. The fourth-order valence-corrected chi connectivity index (χ4v) is 1.92. The molecule has 112 valence electrons. The van der Waals surface area contributed by atoms with E-state index in [1.807, 2.05) is 44.6 Å². The van der Waals surface area contributed by atoms with Gasteiger partial charge >= 0.3 is 0 Å². The van der Waals surface area contributed by atoms with E-state index in [4.69, 9.17) is 4.74 Å². The van der Waals surface area contributed by atoms with E-state index in [0.717, 1.165) is 30.2 Å². The van der Waals surface area contributed by atoms with Crippen LogP contribution in [0.3, 0.4) is 0 Å². The van der Waals surface area contributed by atoms with E-state index in [2.05, 4.69) is 34.3 Å². The van der Waals surface area contributed by atoms with Gasteiger partial charge in [0, 0.05) is 38.6 Å². The lowest BCUT2D eigenvalue weighted by Crippen LogP contribution is -2.12. The third-order valence-corrected chi connectivity index (χ3v) is 3.19. The fourth-order valence-electron chi connectivity index (χ4n) is 1.92. The second-order valence-electron chi connectivity index (χ2n) is 5.12. The van der Waals surface area contributed by atoms with Crippen LogP contribution < -0.4 is 15.0 Å². The Labute approximate surface area is 126 Å². The first-order valence-electron chi connectivity index (χ1n) is 7.23. The van der Waals surface area contributed by atoms with E-state index in [9.17, 15) is 0 Å². The van der Waals surface area contributed by atoms with Crippen molar-refractivity contribution in [1.82, 2.24) is 10.3 Å². The number of hydrogen-bond acceptors (Lipinski definition) is 4. The lowest BCUT2D eigenvalue weighted by molar-refractivity contribution is 0.301. The molecule has 2 rings (SSSR count). The van der Waals surface area contributed by atoms with E-state index in [-0.39, 0.29) is 0 Å². The predicted molar refractivity (Wildman–Crippen MR) is 86.7 cm³/mol. The van der Waals surface area contributed by atoms with Crippen LogP contribution in [0.5, 0.6) is 5.75 Å². The molecule has 0 aliphatic carbocycles. The van der Waals surface area contributed by atoms with Crippen molar-refractivity contribution >= 4 is 5.69 Å². The standard InChI is InChI=1S/C17H23N3O/c1-4-18-11-14-8-9-15(19-12-14)13-21-17-7-5-6-16(10-17)20(2)3/h5-10,12,18H,4,11,13H2,1-3H3. The summed E-state index contributed by atoms with van der Waals surface area (Å²) >= 11 is 0. The zero-order valence-corrected chi connectivity index (χ0v) is 13.0. The highest BCUT2D eigenvalue weighted by atomic mass is 16.5. The average Bonchev–Trinajstić information content (AvgIpc) is 2.52. The zero-order valence-electron chi connectivity index (χ0n) is 13.0. The molecule has 1 N–H and O–H groups in total. The summed E-state index contributed by atoms with van der Waals surface area (Å²) in [5.41, 5.74) is 3.25. The number of aromatic nitrogens is 1. The monoisotopic (exact) mass is 285 g/mol. The smallest absolute Gasteiger partial charge is 0.130 e. The summed E-state index contributed by atoms with van der Waals surface area (Å²) in [7, 11) is 4.04. The van der Waals surface area contributed by atoms with Gasteiger partial charge in [0.1, 0.15) is 12.4 Å². The van der Waals surface area contributed by atoms with E-state index in [0.29, 0.717) is 6.61 Å². The first-order chi connectivity index (χ1) is 10.2. The van der Waals surface area contributed by atoms with Crippen molar-refractivity contribution in [2.75, 3.05) is 25.5 Å². The Balaban J connectivity index is 1.92. The van der Waals surface area contributed by atoms with Crippen molar-refractivity contribution in [2.45, 2.75) is 20.1 Å². The first-order valence-corrected chi connectivity index (χ1v) is 7.23. The summed E-state index contributed by atoms with van der Waals surface area (Å²) in [5, 5.41) is 3.28. The maximum Gasteiger partial charge on any atom is 0.130 e. The van der Waals surface area contributed by atoms with Crippen LogP contribution in [-0.4, -0.2) is 25.6 Å². The topological polar surface area (TPSA) is 37.4 Å². The van der Waals surface area contributed by atoms with E-state index < -0.39 is 0 Å². The van der Waals surface area contributed by atoms with Crippen LogP contribution in [0, 0.1) is 0 Å². The van der Waals surface area contributed by atoms with Gasteiger partial charge in [-0.25, -0.2) is 0 Å². The number of anilines is 1. The summed E-state index contributed by atoms with van der Waals surface area (Å²) in [6, 6.07) is 12.2. The Hall–Kier alpha value is -2.07. The van der Waals surface area contributed by atoms with Crippen molar-refractivity contribution in [2.24, 2.45) is 0 Å². The van der Waals surface area contributed by atoms with Gasteiger partial charge < -0.3 is 15.0 Å². The summed E-state index contributed by atoms with van der Waals surface area (Å²) in [4.78, 5) is 6.48. The Bertz CT molecular complexity index is 552. The van der Waals surface area contributed by atoms with Crippen LogP contribution in [-0.2, 0) is 13.2 Å². The first kappa shape index (κ1) is 15.3. The largest absolute Gasteiger partial charge is 0.487 e. The van der Waals surface area contributed by atoms with E-state index in [1.165, 1.54) is 5.56 Å². The fraction of sp³-hybridized carbons (Fsp3) is 0.353. The van der Waals surface area contributed by atoms with Gasteiger partial charge in [0.2, 0.25) is 0 Å². The van der Waals surface area contributed by atoms with Gasteiger partial charge in [-0.15, -0.1) is 0 Å². The third kappa shape index (κ3) is 4.76. The number of nitrogens with one attached hydrogen (secondary N) is 1. The second kappa shape index (κ2) is 7.64. The Kier molecular flexibility index (Phi) is 5.58. The molecule has 0 amide bonds. The van der Waals surface area contributed by atoms with Gasteiger partial charge in [-0.05, 0) is 30.3 Å². The molecule has 0 radical (unpaired) electrons. The van der Waals surface area contributed by atoms with Crippen molar-refractivity contribution < 1.29 is 4.74 Å². The lowest BCUT2D eigenvalue weighted by Gasteiger charge is -2.14. The molecule has 0 atom stereocenters. The van der Waals surface area contributed by atoms with Gasteiger partial charge in [0.25, 0.3) is 0 Å². The minimum Gasteiger partial charge on any atom is -0.487 e. The highest BCUT2D eigenvalue weighted by molar-refractivity contribution is 5.49. The quantitative estimate of drug-likeness (QED) is 0.849. The lowest BCUT2D eigenvalue weighted by atomic mass is 10.2. The number of nitrogens with zero attached hydrogens (tertiary/aromatic N) is 2. The molecule has 2 aromatic rings. The average molecular weight is 285 g/mol. The van der Waals surface area contributed by atoms with Gasteiger partial charge in [0.05, 0.1) is 5.69 Å². The van der Waals surface area contributed by atoms with Crippen molar-refractivity contribution in [3.8, 4) is 5.75 Å². The van der Waals surface area contributed by atoms with Crippen LogP contribution in [0.15, 0.2) is 42.6 Å². The van der Waals surface area contributed by atoms with Crippen LogP contribution in [0.25, 0.3) is 0 Å². The maximum atomic E-state index is 5.80. The van der Waals surface area contributed by atoms with E-state index in [1.54, 1.807) is 0 Å². The van der Waals surface area contributed by atoms with Crippen molar-refractivity contribution in [1.29, 1.82) is 0 Å². The maximum absolute atomic E-state index is 5.80. The molecule has 0 fully saturated rings. The molecule has 0 bridgehead atoms. The number of pyridine rings is 1. The molecular weight excluding hydrogens is 262 g/mol. The molecule has 0 spiro atoms. The van der Waals surface area contributed by atoms with Gasteiger partial charge in [0.15, 0.2) is 0 Å². The molecule has 4 heteroatoms. The molecule has 1 aromatic carbocycles. The van der Waals surface area contributed by atoms with Crippen LogP contribution in [0.1, 0.15) is 18.2 Å². The molecule has 4 nitrogen and oxygen atoms in total. The minimum absolute atomic E-state index is 0.484. The zero-order chi connectivity index (χ0) is 15.1. The summed E-state index contributed by atoms with van der Waals surface area (Å²) < 4.78 is 5.80. The van der Waals surface area contributed by atoms with Gasteiger partial charge in [-0.2, -0.15) is 0 Å². The normalized spacial score (nSPS) is 10.4. The third-order valence-electron chi connectivity index (χ3n) is 3.19. The van der Waals surface area contributed by atoms with Gasteiger partial charge in [-0.3, -0.25) is 4.98 Å². The molecule has 0 saturated carbocycles. The number of hydrogen-bond donors (Lipinski definition) is 1. The predicted octanol–water partition coefficient (Wildman–Crippen LogP) is 2.84. The number of rotatable bonds is 7. The minimum atomic E-state index is 0.484. The molecule has 0 unspecified atom stereocenters. The Morgan fingerprint density at radius 2 is 2.05 bits per heavy atom. The van der Waals surface area contributed by atoms with Gasteiger partial charge in [-0.1, -0.05) is 19.1 Å². The second-order valence-corrected chi connectivity index (χ2v) is 5.12. The number of benzene rings is 1. The van der Waals surface area contributed by atoms with E-state index >= 15 is 0 Å². The summed E-state index contributed by atoms with van der Waals surface area (Å²) in [5.74, 6) is 0.861. The van der Waals surface area contributed by atoms with Crippen LogP contribution in [0.4, 0.5) is 5.69 Å². The van der Waals surface area contributed by atoms with Crippen LogP contribution in [0.2, 0.25) is 0 Å². The molecule has 0 saturated heterocycles. The molecule has 1 aromatic heterocycles. The Morgan fingerprint density at radius 3 is 2.71 bits per heavy atom. The molecule has 0 aliphatic heterocycles. The van der Waals surface area contributed by atoms with Crippen molar-refractivity contribution in [3.63, 3.8) is 0 Å². The van der Waals surface area contributed by atoms with Crippen molar-refractivity contribution in [3.05, 3.63) is 53.9 Å². The van der Waals surface area contributed by atoms with Crippen LogP contribution >= 0.6 is 0 Å². The molecule has 0 aliphatic rings. The highest BCUT2D eigenvalue weighted by Gasteiger charge is 2.01. The molecule has 21 heavy (non-hydrogen) atoms.